The Labute approximate surface area is 212 Å². The molecular weight excluding hydrogens is 526 g/mol. The Balaban J connectivity index is 0.000000301. The van der Waals surface area contributed by atoms with Crippen LogP contribution in [0.25, 0.3) is 0 Å². The van der Waals surface area contributed by atoms with Gasteiger partial charge in [-0.3, -0.25) is 19.7 Å². The Kier molecular flexibility index (Phi) is 10.2. The average Bonchev–Trinajstić information content (AvgIpc) is 3.33. The molecule has 2 atom stereocenters. The number of aryl methyl sites for hydroxylation is 1. The summed E-state index contributed by atoms with van der Waals surface area (Å²) in [6.07, 6.45) is -4.79. The first-order valence-electron chi connectivity index (χ1n) is 11.0. The molecule has 38 heavy (non-hydrogen) atoms. The first-order chi connectivity index (χ1) is 17.6. The molecule has 0 aliphatic carbocycles. The van der Waals surface area contributed by atoms with Crippen LogP contribution in [0.2, 0.25) is 0 Å². The molecule has 2 N–H and O–H groups in total. The number of carboxylic acids is 2. The number of aliphatic carboxylic acids is 2. The van der Waals surface area contributed by atoms with Gasteiger partial charge < -0.3 is 15.1 Å². The Bertz CT molecular complexity index is 1090. The van der Waals surface area contributed by atoms with E-state index < -0.39 is 24.3 Å². The van der Waals surface area contributed by atoms with Crippen molar-refractivity contribution in [1.29, 1.82) is 0 Å². The zero-order valence-corrected chi connectivity index (χ0v) is 19.9. The SMILES string of the molecule is Cc1cccc(CN2C(=O)C[C@@H]3[C@@H]2CCN3Cc2cccnc2)n1.O=C(O)C(F)(F)F.O=C(O)C(F)(F)F. The standard InChI is InChI=1S/C19H22N4O.2C2HF3O2/c1-14-4-2-6-16(21-14)13-23-17-7-9-22(18(17)10-19(23)24)12-15-5-3-8-20-11-15;2*3-2(4,5)1(6)7/h2-6,8,11,17-18H,7,9-10,12-13H2,1H3;2*(H,6,7)/t17-,18+;;/m0../s1. The molecule has 2 aliphatic heterocycles. The minimum Gasteiger partial charge on any atom is -0.475 e. The van der Waals surface area contributed by atoms with Crippen molar-refractivity contribution in [3.63, 3.8) is 0 Å². The van der Waals surface area contributed by atoms with E-state index in [9.17, 15) is 31.1 Å². The maximum atomic E-state index is 12.5. The fourth-order valence-corrected chi connectivity index (χ4v) is 4.00. The molecule has 2 saturated heterocycles. The molecule has 208 valence electrons. The summed E-state index contributed by atoms with van der Waals surface area (Å²) in [7, 11) is 0. The molecular formula is C23H24F6N4O5. The smallest absolute Gasteiger partial charge is 0.475 e. The van der Waals surface area contributed by atoms with Crippen molar-refractivity contribution in [2.45, 2.75) is 57.3 Å². The number of rotatable bonds is 4. The highest BCUT2D eigenvalue weighted by Crippen LogP contribution is 2.34. The number of carbonyl (C=O) groups is 3. The molecule has 4 rings (SSSR count). The number of likely N-dealkylation sites (tertiary alicyclic amines) is 2. The molecule has 9 nitrogen and oxygen atoms in total. The van der Waals surface area contributed by atoms with Crippen LogP contribution in [-0.2, 0) is 27.5 Å². The second-order valence-corrected chi connectivity index (χ2v) is 8.36. The number of fused-ring (bicyclic) bond motifs is 1. The second-order valence-electron chi connectivity index (χ2n) is 8.36. The number of carbonyl (C=O) groups excluding carboxylic acids is 1. The van der Waals surface area contributed by atoms with E-state index in [-0.39, 0.29) is 5.91 Å². The number of alkyl halides is 6. The van der Waals surface area contributed by atoms with E-state index >= 15 is 0 Å². The van der Waals surface area contributed by atoms with Gasteiger partial charge in [0, 0.05) is 49.7 Å². The fraction of sp³-hybridized carbons (Fsp3) is 0.435. The van der Waals surface area contributed by atoms with Crippen LogP contribution in [0, 0.1) is 6.92 Å². The fourth-order valence-electron chi connectivity index (χ4n) is 4.00. The van der Waals surface area contributed by atoms with Crippen LogP contribution in [0.4, 0.5) is 26.3 Å². The molecule has 0 radical (unpaired) electrons. The lowest BCUT2D eigenvalue weighted by atomic mass is 10.1. The van der Waals surface area contributed by atoms with Crippen molar-refractivity contribution in [2.75, 3.05) is 6.54 Å². The third kappa shape index (κ3) is 8.97. The molecule has 2 aromatic heterocycles. The summed E-state index contributed by atoms with van der Waals surface area (Å²) in [5.74, 6) is -5.26. The van der Waals surface area contributed by atoms with Crippen LogP contribution < -0.4 is 0 Å². The predicted octanol–water partition coefficient (Wildman–Crippen LogP) is 3.43. The largest absolute Gasteiger partial charge is 0.490 e. The number of carboxylic acid groups (broad SMARTS) is 2. The van der Waals surface area contributed by atoms with Gasteiger partial charge in [-0.25, -0.2) is 9.59 Å². The van der Waals surface area contributed by atoms with E-state index in [1.54, 1.807) is 6.20 Å². The highest BCUT2D eigenvalue weighted by molar-refractivity contribution is 5.80. The van der Waals surface area contributed by atoms with E-state index in [4.69, 9.17) is 19.8 Å². The van der Waals surface area contributed by atoms with Crippen LogP contribution in [0.1, 0.15) is 29.8 Å². The van der Waals surface area contributed by atoms with Crippen LogP contribution >= 0.6 is 0 Å². The summed E-state index contributed by atoms with van der Waals surface area (Å²) in [4.78, 5) is 43.5. The Morgan fingerprint density at radius 1 is 0.974 bits per heavy atom. The maximum absolute atomic E-state index is 12.5. The lowest BCUT2D eigenvalue weighted by molar-refractivity contribution is -0.193. The maximum Gasteiger partial charge on any atom is 0.490 e. The summed E-state index contributed by atoms with van der Waals surface area (Å²) in [5.41, 5.74) is 3.19. The first-order valence-corrected chi connectivity index (χ1v) is 11.0. The van der Waals surface area contributed by atoms with Gasteiger partial charge in [-0.15, -0.1) is 0 Å². The monoisotopic (exact) mass is 550 g/mol. The molecule has 2 fully saturated rings. The lowest BCUT2D eigenvalue weighted by Crippen LogP contribution is -2.36. The van der Waals surface area contributed by atoms with Crippen molar-refractivity contribution in [1.82, 2.24) is 19.8 Å². The zero-order valence-electron chi connectivity index (χ0n) is 19.9. The topological polar surface area (TPSA) is 124 Å². The second kappa shape index (κ2) is 12.7. The molecule has 2 aliphatic rings. The summed E-state index contributed by atoms with van der Waals surface area (Å²) < 4.78 is 63.5. The minimum absolute atomic E-state index is 0.254. The minimum atomic E-state index is -5.08. The lowest BCUT2D eigenvalue weighted by Gasteiger charge is -2.25. The quantitative estimate of drug-likeness (QED) is 0.556. The number of aromatic nitrogens is 2. The predicted molar refractivity (Wildman–Crippen MR) is 118 cm³/mol. The third-order valence-electron chi connectivity index (χ3n) is 5.60. The van der Waals surface area contributed by atoms with Crippen molar-refractivity contribution >= 4 is 17.8 Å². The Morgan fingerprint density at radius 2 is 1.58 bits per heavy atom. The van der Waals surface area contributed by atoms with Gasteiger partial charge in [0.15, 0.2) is 0 Å². The molecule has 0 aromatic carbocycles. The number of nitrogens with zero attached hydrogens (tertiary/aromatic N) is 4. The molecule has 0 bridgehead atoms. The molecule has 0 saturated carbocycles. The molecule has 15 heteroatoms. The summed E-state index contributed by atoms with van der Waals surface area (Å²) in [6.45, 7) is 4.53. The normalized spacial score (nSPS) is 19.1. The van der Waals surface area contributed by atoms with Crippen molar-refractivity contribution < 1.29 is 50.9 Å². The highest BCUT2D eigenvalue weighted by Gasteiger charge is 2.46. The number of hydrogen-bond donors (Lipinski definition) is 2. The number of amides is 1. The van der Waals surface area contributed by atoms with Gasteiger partial charge in [-0.1, -0.05) is 12.1 Å². The van der Waals surface area contributed by atoms with Gasteiger partial charge in [-0.05, 0) is 37.1 Å². The van der Waals surface area contributed by atoms with Gasteiger partial charge in [0.05, 0.1) is 12.2 Å². The average molecular weight is 550 g/mol. The third-order valence-corrected chi connectivity index (χ3v) is 5.60. The van der Waals surface area contributed by atoms with Gasteiger partial charge in [-0.2, -0.15) is 26.3 Å². The van der Waals surface area contributed by atoms with Gasteiger partial charge in [0.25, 0.3) is 0 Å². The summed E-state index contributed by atoms with van der Waals surface area (Å²) >= 11 is 0. The number of hydrogen-bond acceptors (Lipinski definition) is 6. The Morgan fingerprint density at radius 3 is 2.08 bits per heavy atom. The van der Waals surface area contributed by atoms with E-state index in [0.29, 0.717) is 25.0 Å². The van der Waals surface area contributed by atoms with Gasteiger partial charge in [0.1, 0.15) is 0 Å². The zero-order chi connectivity index (χ0) is 28.7. The Hall–Kier alpha value is -3.75. The van der Waals surface area contributed by atoms with Crippen LogP contribution in [0.3, 0.4) is 0 Å². The van der Waals surface area contributed by atoms with Gasteiger partial charge in [0.2, 0.25) is 5.91 Å². The van der Waals surface area contributed by atoms with Crippen LogP contribution in [0.5, 0.6) is 0 Å². The highest BCUT2D eigenvalue weighted by atomic mass is 19.4. The van der Waals surface area contributed by atoms with Crippen LogP contribution in [-0.4, -0.2) is 78.8 Å². The summed E-state index contributed by atoms with van der Waals surface area (Å²) in [5, 5.41) is 14.2. The van der Waals surface area contributed by atoms with E-state index in [0.717, 1.165) is 30.9 Å². The summed E-state index contributed by atoms with van der Waals surface area (Å²) in [6, 6.07) is 10.7. The van der Waals surface area contributed by atoms with Crippen molar-refractivity contribution in [3.8, 4) is 0 Å². The van der Waals surface area contributed by atoms with E-state index in [1.807, 2.05) is 42.3 Å². The number of pyridine rings is 2. The van der Waals surface area contributed by atoms with Crippen molar-refractivity contribution in [3.05, 3.63) is 59.7 Å². The molecule has 1 amide bonds. The first kappa shape index (κ1) is 30.5. The molecule has 2 aromatic rings. The van der Waals surface area contributed by atoms with E-state index in [2.05, 4.69) is 20.9 Å². The van der Waals surface area contributed by atoms with Crippen LogP contribution in [0.15, 0.2) is 42.7 Å². The van der Waals surface area contributed by atoms with Gasteiger partial charge >= 0.3 is 24.3 Å². The van der Waals surface area contributed by atoms with Crippen molar-refractivity contribution in [2.24, 2.45) is 0 Å². The molecule has 0 unspecified atom stereocenters. The number of halogens is 6. The van der Waals surface area contributed by atoms with E-state index in [1.165, 1.54) is 5.56 Å². The molecule has 0 spiro atoms. The molecule has 4 heterocycles.